The number of rotatable bonds is 3. The summed E-state index contributed by atoms with van der Waals surface area (Å²) in [6.45, 7) is 4.37. The lowest BCUT2D eigenvalue weighted by molar-refractivity contribution is -0.952. The second kappa shape index (κ2) is 5.88. The molecule has 0 amide bonds. The first-order valence-corrected chi connectivity index (χ1v) is 8.11. The van der Waals surface area contributed by atoms with Gasteiger partial charge >= 0.3 is 0 Å². The van der Waals surface area contributed by atoms with Gasteiger partial charge < -0.3 is 9.32 Å². The number of hydrogen-bond donors (Lipinski definition) is 1. The lowest BCUT2D eigenvalue weighted by atomic mass is 10.0. The summed E-state index contributed by atoms with van der Waals surface area (Å²) in [5, 5.41) is 0.725. The molecule has 1 fully saturated rings. The van der Waals surface area contributed by atoms with Crippen molar-refractivity contribution in [2.24, 2.45) is 0 Å². The highest BCUT2D eigenvalue weighted by Gasteiger charge is 2.25. The van der Waals surface area contributed by atoms with Gasteiger partial charge in [-0.15, -0.1) is 0 Å². The van der Waals surface area contributed by atoms with Gasteiger partial charge in [-0.2, -0.15) is 0 Å². The highest BCUT2D eigenvalue weighted by molar-refractivity contribution is 7.71. The minimum atomic E-state index is 0.551. The van der Waals surface area contributed by atoms with Crippen molar-refractivity contribution in [3.63, 3.8) is 0 Å². The normalized spacial score (nSPS) is 23.3. The van der Waals surface area contributed by atoms with Gasteiger partial charge in [0.2, 0.25) is 0 Å². The molecule has 1 aliphatic heterocycles. The lowest BCUT2D eigenvalue weighted by Crippen LogP contribution is -3.15. The molecule has 1 aromatic heterocycles. The molecule has 1 unspecified atom stereocenters. The predicted octanol–water partition coefficient (Wildman–Crippen LogP) is 3.42. The number of nitrogens with zero attached hydrogens (tertiary/aromatic N) is 1. The molecule has 20 heavy (non-hydrogen) atoms. The molecule has 2 heterocycles. The zero-order valence-corrected chi connectivity index (χ0v) is 13.3. The van der Waals surface area contributed by atoms with Gasteiger partial charge in [0.25, 0.3) is 4.84 Å². The van der Waals surface area contributed by atoms with E-state index in [-0.39, 0.29) is 0 Å². The maximum absolute atomic E-state index is 6.10. The van der Waals surface area contributed by atoms with E-state index in [1.165, 1.54) is 32.2 Å². The fraction of sp³-hybridized carbons (Fsp3) is 0.533. The quantitative estimate of drug-likeness (QED) is 0.878. The Bertz CT molecular complexity index is 663. The van der Waals surface area contributed by atoms with Gasteiger partial charge in [0, 0.05) is 5.02 Å². The van der Waals surface area contributed by atoms with Crippen LogP contribution in [0.2, 0.25) is 5.02 Å². The zero-order chi connectivity index (χ0) is 14.1. The number of aromatic nitrogens is 1. The number of halogens is 1. The van der Waals surface area contributed by atoms with Crippen molar-refractivity contribution in [3.8, 4) is 0 Å². The smallest absolute Gasteiger partial charge is 0.274 e. The van der Waals surface area contributed by atoms with E-state index in [0.29, 0.717) is 4.84 Å². The van der Waals surface area contributed by atoms with Crippen LogP contribution in [0.4, 0.5) is 0 Å². The Kier molecular flexibility index (Phi) is 4.15. The van der Waals surface area contributed by atoms with Crippen LogP contribution in [0.25, 0.3) is 11.1 Å². The molecule has 5 heteroatoms. The van der Waals surface area contributed by atoms with Crippen LogP contribution in [0.3, 0.4) is 0 Å². The van der Waals surface area contributed by atoms with Gasteiger partial charge in [0.05, 0.1) is 18.1 Å². The Morgan fingerprint density at radius 1 is 1.45 bits per heavy atom. The highest BCUT2D eigenvalue weighted by Crippen LogP contribution is 2.21. The summed E-state index contributed by atoms with van der Waals surface area (Å²) in [6, 6.07) is 6.41. The Hall–Kier alpha value is -0.840. The number of quaternary nitrogens is 1. The topological polar surface area (TPSA) is 22.5 Å². The highest BCUT2D eigenvalue weighted by atomic mass is 35.5. The molecule has 0 spiro atoms. The summed E-state index contributed by atoms with van der Waals surface area (Å²) in [5.74, 6) is 0. The third kappa shape index (κ3) is 2.65. The molecule has 108 valence electrons. The summed E-state index contributed by atoms with van der Waals surface area (Å²) < 4.78 is 7.77. The van der Waals surface area contributed by atoms with Gasteiger partial charge in [-0.05, 0) is 56.1 Å². The number of likely N-dealkylation sites (tertiary alicyclic amines) is 1. The van der Waals surface area contributed by atoms with Crippen LogP contribution in [0.5, 0.6) is 0 Å². The number of benzene rings is 1. The number of hydrogen-bond acceptors (Lipinski definition) is 2. The second-order valence-electron chi connectivity index (χ2n) is 5.58. The van der Waals surface area contributed by atoms with Crippen molar-refractivity contribution in [3.05, 3.63) is 28.1 Å². The molecule has 2 atom stereocenters. The summed E-state index contributed by atoms with van der Waals surface area (Å²) in [5.41, 5.74) is 1.83. The Labute approximate surface area is 129 Å². The van der Waals surface area contributed by atoms with Crippen molar-refractivity contribution in [2.45, 2.75) is 45.3 Å². The van der Waals surface area contributed by atoms with E-state index in [4.69, 9.17) is 28.2 Å². The maximum atomic E-state index is 6.10. The molecule has 0 saturated carbocycles. The first-order valence-electron chi connectivity index (χ1n) is 7.32. The molecular weight excluding hydrogens is 292 g/mol. The lowest BCUT2D eigenvalue weighted by Gasteiger charge is -2.32. The van der Waals surface area contributed by atoms with Crippen LogP contribution in [0.1, 0.15) is 32.6 Å². The number of nitrogens with one attached hydrogen (secondary N) is 1. The zero-order valence-electron chi connectivity index (χ0n) is 11.7. The molecule has 2 aromatic rings. The first-order chi connectivity index (χ1) is 9.69. The van der Waals surface area contributed by atoms with Crippen LogP contribution in [-0.2, 0) is 6.67 Å². The molecule has 3 rings (SSSR count). The van der Waals surface area contributed by atoms with Crippen molar-refractivity contribution >= 4 is 34.9 Å². The molecule has 1 aromatic carbocycles. The third-order valence-electron chi connectivity index (χ3n) is 4.36. The van der Waals surface area contributed by atoms with E-state index in [1.54, 1.807) is 4.90 Å². The minimum Gasteiger partial charge on any atom is -0.429 e. The van der Waals surface area contributed by atoms with E-state index < -0.39 is 0 Å². The molecular formula is C15H20ClN2OS+. The maximum Gasteiger partial charge on any atom is 0.274 e. The average Bonchev–Trinajstić information content (AvgIpc) is 2.76. The summed E-state index contributed by atoms with van der Waals surface area (Å²) in [4.78, 5) is 2.16. The van der Waals surface area contributed by atoms with E-state index in [0.717, 1.165) is 28.8 Å². The standard InChI is InChI=1S/C15H19ClN2OS/c1-2-12-5-3-4-8-17(12)10-18-13-9-11(16)6-7-14(13)19-15(18)20/h6-7,9,12H,2-5,8,10H2,1H3/p+1/t12-/m0/s1. The Morgan fingerprint density at radius 2 is 2.30 bits per heavy atom. The monoisotopic (exact) mass is 311 g/mol. The largest absolute Gasteiger partial charge is 0.429 e. The molecule has 0 aliphatic carbocycles. The fourth-order valence-electron chi connectivity index (χ4n) is 3.24. The van der Waals surface area contributed by atoms with Crippen LogP contribution in [0, 0.1) is 4.84 Å². The van der Waals surface area contributed by atoms with Gasteiger partial charge in [-0.25, -0.2) is 0 Å². The average molecular weight is 312 g/mol. The van der Waals surface area contributed by atoms with Crippen molar-refractivity contribution in [1.82, 2.24) is 4.57 Å². The van der Waals surface area contributed by atoms with Crippen molar-refractivity contribution in [1.29, 1.82) is 0 Å². The summed E-state index contributed by atoms with van der Waals surface area (Å²) in [7, 11) is 0. The SMILES string of the molecule is CC[C@H]1CCCC[NH+]1Cn1c(=S)oc2ccc(Cl)cc21. The van der Waals surface area contributed by atoms with E-state index in [9.17, 15) is 0 Å². The third-order valence-corrected chi connectivity index (χ3v) is 4.90. The number of piperidine rings is 1. The molecule has 1 saturated heterocycles. The van der Waals surface area contributed by atoms with Crippen LogP contribution >= 0.6 is 23.8 Å². The molecule has 1 aliphatic rings. The summed E-state index contributed by atoms with van der Waals surface area (Å²) in [6.07, 6.45) is 5.19. The van der Waals surface area contributed by atoms with Gasteiger partial charge in [-0.1, -0.05) is 18.5 Å². The van der Waals surface area contributed by atoms with Crippen LogP contribution in [-0.4, -0.2) is 17.2 Å². The molecule has 3 nitrogen and oxygen atoms in total. The van der Waals surface area contributed by atoms with E-state index >= 15 is 0 Å². The van der Waals surface area contributed by atoms with E-state index in [2.05, 4.69) is 11.5 Å². The number of oxazole rings is 1. The summed E-state index contributed by atoms with van der Waals surface area (Å²) >= 11 is 11.5. The predicted molar refractivity (Wildman–Crippen MR) is 83.8 cm³/mol. The van der Waals surface area contributed by atoms with Gasteiger partial charge in [0.1, 0.15) is 0 Å². The van der Waals surface area contributed by atoms with Crippen molar-refractivity contribution < 1.29 is 9.32 Å². The molecule has 1 N–H and O–H groups in total. The Morgan fingerprint density at radius 3 is 3.10 bits per heavy atom. The van der Waals surface area contributed by atoms with E-state index in [1.807, 2.05) is 18.2 Å². The van der Waals surface area contributed by atoms with Crippen molar-refractivity contribution in [2.75, 3.05) is 6.54 Å². The molecule has 0 bridgehead atoms. The van der Waals surface area contributed by atoms with Crippen LogP contribution < -0.4 is 4.90 Å². The second-order valence-corrected chi connectivity index (χ2v) is 6.36. The number of fused-ring (bicyclic) bond motifs is 1. The Balaban J connectivity index is 1.95. The minimum absolute atomic E-state index is 0.551. The van der Waals surface area contributed by atoms with Crippen LogP contribution in [0.15, 0.2) is 22.6 Å². The molecule has 0 radical (unpaired) electrons. The van der Waals surface area contributed by atoms with Gasteiger partial charge in [-0.3, -0.25) is 4.57 Å². The fourth-order valence-corrected chi connectivity index (χ4v) is 3.66. The first kappa shape index (κ1) is 14.1. The van der Waals surface area contributed by atoms with Gasteiger partial charge in [0.15, 0.2) is 12.3 Å².